The Morgan fingerprint density at radius 1 is 1.25 bits per heavy atom. The van der Waals surface area contributed by atoms with E-state index in [1.165, 1.54) is 31.4 Å². The highest BCUT2D eigenvalue weighted by atomic mass is 16.6. The van der Waals surface area contributed by atoms with Crippen molar-refractivity contribution >= 4 is 23.3 Å². The number of esters is 1. The van der Waals surface area contributed by atoms with E-state index in [4.69, 9.17) is 4.74 Å². The summed E-state index contributed by atoms with van der Waals surface area (Å²) in [5.74, 6) is -0.692. The molecule has 0 aromatic heterocycles. The minimum Gasteiger partial charge on any atom is -0.469 e. The summed E-state index contributed by atoms with van der Waals surface area (Å²) in [6.45, 7) is 1.69. The molecule has 0 aliphatic carbocycles. The van der Waals surface area contributed by atoms with Crippen molar-refractivity contribution in [2.75, 3.05) is 25.5 Å². The number of ether oxygens (including phenoxy) is 1. The van der Waals surface area contributed by atoms with Gasteiger partial charge in [-0.05, 0) is 31.4 Å². The zero-order valence-corrected chi connectivity index (χ0v) is 13.6. The minimum absolute atomic E-state index is 0.0185. The predicted molar refractivity (Wildman–Crippen MR) is 86.7 cm³/mol. The maximum Gasteiger partial charge on any atom is 0.312 e. The lowest BCUT2D eigenvalue weighted by Gasteiger charge is -2.30. The molecule has 2 rings (SSSR count). The molecule has 0 unspecified atom stereocenters. The number of nitrogens with one attached hydrogen (secondary N) is 2. The number of rotatable bonds is 6. The van der Waals surface area contributed by atoms with Gasteiger partial charge >= 0.3 is 5.97 Å². The number of amides is 1. The number of quaternary nitrogens is 1. The monoisotopic (exact) mass is 336 g/mol. The summed E-state index contributed by atoms with van der Waals surface area (Å²) < 4.78 is 4.71. The van der Waals surface area contributed by atoms with Crippen LogP contribution in [0.4, 0.5) is 11.4 Å². The van der Waals surface area contributed by atoms with Gasteiger partial charge in [0.05, 0.1) is 25.1 Å². The van der Waals surface area contributed by atoms with E-state index in [1.54, 1.807) is 0 Å². The highest BCUT2D eigenvalue weighted by Crippen LogP contribution is 2.15. The molecule has 1 atom stereocenters. The summed E-state index contributed by atoms with van der Waals surface area (Å²) in [5, 5.41) is 13.4. The van der Waals surface area contributed by atoms with Crippen LogP contribution in [0.5, 0.6) is 0 Å². The number of carbonyl (C=O) groups is 2. The number of likely N-dealkylation sites (tertiary alicyclic amines) is 1. The van der Waals surface area contributed by atoms with Crippen LogP contribution < -0.4 is 10.2 Å². The molecule has 130 valence electrons. The van der Waals surface area contributed by atoms with Gasteiger partial charge in [0.15, 0.2) is 6.04 Å². The van der Waals surface area contributed by atoms with Crippen LogP contribution in [-0.4, -0.2) is 43.0 Å². The normalized spacial score (nSPS) is 16.2. The zero-order chi connectivity index (χ0) is 17.5. The van der Waals surface area contributed by atoms with Crippen LogP contribution in [0.15, 0.2) is 24.3 Å². The number of carbonyl (C=O) groups excluding carboxylic acids is 2. The Bertz CT molecular complexity index is 596. The fourth-order valence-electron chi connectivity index (χ4n) is 2.92. The fraction of sp³-hybridized carbons (Fsp3) is 0.500. The van der Waals surface area contributed by atoms with Gasteiger partial charge in [-0.3, -0.25) is 19.7 Å². The maximum atomic E-state index is 12.6. The first-order valence-electron chi connectivity index (χ1n) is 7.98. The van der Waals surface area contributed by atoms with Crippen molar-refractivity contribution in [3.8, 4) is 0 Å². The number of piperidine rings is 1. The lowest BCUT2D eigenvalue weighted by atomic mass is 10.1. The van der Waals surface area contributed by atoms with E-state index in [0.717, 1.165) is 37.3 Å². The van der Waals surface area contributed by atoms with E-state index >= 15 is 0 Å². The Labute approximate surface area is 139 Å². The summed E-state index contributed by atoms with van der Waals surface area (Å²) >= 11 is 0. The number of methoxy groups -OCH3 is 1. The first kappa shape index (κ1) is 17.9. The molecule has 1 aromatic carbocycles. The molecule has 1 aliphatic heterocycles. The Morgan fingerprint density at radius 3 is 2.42 bits per heavy atom. The van der Waals surface area contributed by atoms with Crippen molar-refractivity contribution in [3.63, 3.8) is 0 Å². The number of hydrogen-bond acceptors (Lipinski definition) is 5. The Balaban J connectivity index is 2.08. The maximum absolute atomic E-state index is 12.6. The average Bonchev–Trinajstić information content (AvgIpc) is 2.60. The minimum atomic E-state index is -0.520. The van der Waals surface area contributed by atoms with E-state index in [9.17, 15) is 19.7 Å². The highest BCUT2D eigenvalue weighted by molar-refractivity contribution is 5.96. The Hall–Kier alpha value is -2.48. The van der Waals surface area contributed by atoms with E-state index in [2.05, 4.69) is 5.32 Å². The zero-order valence-electron chi connectivity index (χ0n) is 13.6. The topological polar surface area (TPSA) is 103 Å². The lowest BCUT2D eigenvalue weighted by molar-refractivity contribution is -0.920. The van der Waals surface area contributed by atoms with Gasteiger partial charge in [0.2, 0.25) is 0 Å². The molecule has 1 aromatic rings. The van der Waals surface area contributed by atoms with Gasteiger partial charge in [-0.1, -0.05) is 0 Å². The first-order valence-corrected chi connectivity index (χ1v) is 7.98. The molecule has 1 saturated heterocycles. The molecule has 1 fully saturated rings. The van der Waals surface area contributed by atoms with E-state index in [1.807, 2.05) is 0 Å². The molecule has 1 heterocycles. The molecule has 8 nitrogen and oxygen atoms in total. The van der Waals surface area contributed by atoms with Crippen molar-refractivity contribution in [3.05, 3.63) is 34.4 Å². The standard InChI is InChI=1S/C16H21N3O5/c1-24-15(20)11-14(18-9-3-2-4-10-18)16(21)17-12-5-7-13(8-6-12)19(22)23/h5-8,14H,2-4,9-11H2,1H3,(H,17,21)/p+1/t14-/m0/s1. The molecule has 0 bridgehead atoms. The second-order valence-corrected chi connectivity index (χ2v) is 5.84. The summed E-state index contributed by atoms with van der Waals surface area (Å²) in [5.41, 5.74) is 0.428. The van der Waals surface area contributed by atoms with Gasteiger partial charge in [0, 0.05) is 17.8 Å². The van der Waals surface area contributed by atoms with Crippen LogP contribution in [0.2, 0.25) is 0 Å². The Kier molecular flexibility index (Phi) is 6.25. The van der Waals surface area contributed by atoms with Gasteiger partial charge in [-0.15, -0.1) is 0 Å². The average molecular weight is 336 g/mol. The molecule has 0 saturated carbocycles. The molecule has 2 N–H and O–H groups in total. The summed E-state index contributed by atoms with van der Waals surface area (Å²) in [4.78, 5) is 35.5. The van der Waals surface area contributed by atoms with Crippen LogP contribution in [0.1, 0.15) is 25.7 Å². The molecular weight excluding hydrogens is 314 g/mol. The smallest absolute Gasteiger partial charge is 0.312 e. The number of hydrogen-bond donors (Lipinski definition) is 2. The summed E-state index contributed by atoms with van der Waals surface area (Å²) in [6.07, 6.45) is 3.21. The van der Waals surface area contributed by atoms with Gasteiger partial charge in [0.1, 0.15) is 6.42 Å². The van der Waals surface area contributed by atoms with Crippen molar-refractivity contribution < 1.29 is 24.1 Å². The summed E-state index contributed by atoms with van der Waals surface area (Å²) in [7, 11) is 1.30. The van der Waals surface area contributed by atoms with E-state index in [-0.39, 0.29) is 18.0 Å². The van der Waals surface area contributed by atoms with Crippen LogP contribution in [-0.2, 0) is 14.3 Å². The van der Waals surface area contributed by atoms with Crippen LogP contribution >= 0.6 is 0 Å². The first-order chi connectivity index (χ1) is 11.5. The second-order valence-electron chi connectivity index (χ2n) is 5.84. The van der Waals surface area contributed by atoms with Crippen molar-refractivity contribution in [2.45, 2.75) is 31.7 Å². The number of anilines is 1. The molecule has 24 heavy (non-hydrogen) atoms. The lowest BCUT2D eigenvalue weighted by Crippen LogP contribution is -3.17. The van der Waals surface area contributed by atoms with Crippen molar-refractivity contribution in [2.24, 2.45) is 0 Å². The number of non-ortho nitro benzene ring substituents is 1. The van der Waals surface area contributed by atoms with Gasteiger partial charge < -0.3 is 15.0 Å². The molecule has 1 aliphatic rings. The Morgan fingerprint density at radius 2 is 1.88 bits per heavy atom. The second kappa shape index (κ2) is 8.39. The molecule has 0 radical (unpaired) electrons. The third-order valence-corrected chi connectivity index (χ3v) is 4.25. The molecule has 0 spiro atoms. The van der Waals surface area contributed by atoms with E-state index in [0.29, 0.717) is 5.69 Å². The number of nitro benzene ring substituents is 1. The quantitative estimate of drug-likeness (QED) is 0.448. The molecular formula is C16H22N3O5+. The SMILES string of the molecule is COC(=O)C[C@@H](C(=O)Nc1ccc([N+](=O)[O-])cc1)[NH+]1CCCCC1. The molecule has 1 amide bonds. The van der Waals surface area contributed by atoms with Gasteiger partial charge in [0.25, 0.3) is 11.6 Å². The van der Waals surface area contributed by atoms with Crippen molar-refractivity contribution in [1.82, 2.24) is 0 Å². The molecule has 8 heteroatoms. The van der Waals surface area contributed by atoms with Crippen LogP contribution in [0.25, 0.3) is 0 Å². The van der Waals surface area contributed by atoms with E-state index < -0.39 is 16.9 Å². The number of nitrogens with zero attached hydrogens (tertiary/aromatic N) is 1. The fourth-order valence-corrected chi connectivity index (χ4v) is 2.92. The predicted octanol–water partition coefficient (Wildman–Crippen LogP) is 0.534. The number of benzene rings is 1. The van der Waals surface area contributed by atoms with Crippen LogP contribution in [0, 0.1) is 10.1 Å². The largest absolute Gasteiger partial charge is 0.469 e. The third-order valence-electron chi connectivity index (χ3n) is 4.25. The van der Waals surface area contributed by atoms with Gasteiger partial charge in [-0.25, -0.2) is 0 Å². The van der Waals surface area contributed by atoms with Gasteiger partial charge in [-0.2, -0.15) is 0 Å². The highest BCUT2D eigenvalue weighted by Gasteiger charge is 2.33. The van der Waals surface area contributed by atoms with Crippen molar-refractivity contribution in [1.29, 1.82) is 0 Å². The summed E-state index contributed by atoms with van der Waals surface area (Å²) in [6, 6.07) is 5.11. The van der Waals surface area contributed by atoms with Crippen LogP contribution in [0.3, 0.4) is 0 Å². The third kappa shape index (κ3) is 4.76. The number of nitro groups is 1.